The Kier molecular flexibility index (Phi) is 7.07. The average Bonchev–Trinajstić information content (AvgIpc) is 2.63. The highest BCUT2D eigenvalue weighted by Crippen LogP contribution is 2.19. The van der Waals surface area contributed by atoms with Crippen LogP contribution in [0.4, 0.5) is 11.4 Å². The number of carbonyl (C=O) groups excluding carboxylic acids is 2. The van der Waals surface area contributed by atoms with Crippen LogP contribution < -0.4 is 15.4 Å². The fourth-order valence-corrected chi connectivity index (χ4v) is 2.23. The topological polar surface area (TPSA) is 111 Å². The zero-order valence-electron chi connectivity index (χ0n) is 14.7. The first-order valence-corrected chi connectivity index (χ1v) is 8.15. The molecular formula is C19H19N3O5. The number of hydrogen-bond acceptors (Lipinski definition) is 5. The van der Waals surface area contributed by atoms with Gasteiger partial charge in [0.25, 0.3) is 5.69 Å². The molecule has 27 heavy (non-hydrogen) atoms. The monoisotopic (exact) mass is 369 g/mol. The second-order valence-corrected chi connectivity index (χ2v) is 5.50. The second kappa shape index (κ2) is 9.71. The fourth-order valence-electron chi connectivity index (χ4n) is 2.23. The van der Waals surface area contributed by atoms with Crippen molar-refractivity contribution in [2.24, 2.45) is 0 Å². The number of rotatable bonds is 8. The zero-order chi connectivity index (χ0) is 19.6. The summed E-state index contributed by atoms with van der Waals surface area (Å²) in [5, 5.41) is 16.2. The van der Waals surface area contributed by atoms with Crippen molar-refractivity contribution < 1.29 is 19.2 Å². The molecule has 140 valence electrons. The van der Waals surface area contributed by atoms with Crippen LogP contribution in [0, 0.1) is 10.1 Å². The van der Waals surface area contributed by atoms with Crippen LogP contribution in [0.5, 0.6) is 5.75 Å². The van der Waals surface area contributed by atoms with E-state index < -0.39 is 4.92 Å². The number of amides is 2. The average molecular weight is 369 g/mol. The lowest BCUT2D eigenvalue weighted by molar-refractivity contribution is -0.385. The van der Waals surface area contributed by atoms with Gasteiger partial charge in [-0.3, -0.25) is 19.7 Å². The van der Waals surface area contributed by atoms with Gasteiger partial charge in [-0.25, -0.2) is 0 Å². The third-order valence-electron chi connectivity index (χ3n) is 3.37. The Labute approximate surface area is 156 Å². The third-order valence-corrected chi connectivity index (χ3v) is 3.37. The molecule has 0 spiro atoms. The van der Waals surface area contributed by atoms with Crippen LogP contribution in [0.25, 0.3) is 6.08 Å². The Morgan fingerprint density at radius 2 is 1.96 bits per heavy atom. The first-order chi connectivity index (χ1) is 13.0. The maximum Gasteiger partial charge on any atom is 0.276 e. The summed E-state index contributed by atoms with van der Waals surface area (Å²) in [6.45, 7) is 1.90. The summed E-state index contributed by atoms with van der Waals surface area (Å²) in [7, 11) is 0. The van der Waals surface area contributed by atoms with E-state index in [4.69, 9.17) is 4.74 Å². The van der Waals surface area contributed by atoms with Gasteiger partial charge in [0, 0.05) is 30.8 Å². The van der Waals surface area contributed by atoms with Gasteiger partial charge < -0.3 is 15.4 Å². The van der Waals surface area contributed by atoms with Crippen LogP contribution in [0.1, 0.15) is 12.5 Å². The lowest BCUT2D eigenvalue weighted by atomic mass is 10.1. The molecule has 0 aliphatic rings. The van der Waals surface area contributed by atoms with Crippen molar-refractivity contribution in [3.63, 3.8) is 0 Å². The minimum Gasteiger partial charge on any atom is -0.492 e. The molecule has 0 unspecified atom stereocenters. The van der Waals surface area contributed by atoms with Gasteiger partial charge in [0.1, 0.15) is 12.4 Å². The van der Waals surface area contributed by atoms with E-state index in [0.717, 1.165) is 0 Å². The predicted molar refractivity (Wildman–Crippen MR) is 101 cm³/mol. The fraction of sp³-hybridized carbons (Fsp3) is 0.158. The Morgan fingerprint density at radius 1 is 1.19 bits per heavy atom. The normalized spacial score (nSPS) is 10.4. The molecule has 0 saturated carbocycles. The number of nitro benzene ring substituents is 1. The van der Waals surface area contributed by atoms with Crippen LogP contribution in [-0.4, -0.2) is 29.9 Å². The summed E-state index contributed by atoms with van der Waals surface area (Å²) in [5.74, 6) is -0.000414. The van der Waals surface area contributed by atoms with E-state index in [1.54, 1.807) is 42.5 Å². The van der Waals surface area contributed by atoms with Crippen molar-refractivity contribution in [3.8, 4) is 5.75 Å². The van der Waals surface area contributed by atoms with Crippen molar-refractivity contribution in [2.75, 3.05) is 18.5 Å². The van der Waals surface area contributed by atoms with Crippen LogP contribution in [0.15, 0.2) is 54.6 Å². The lowest BCUT2D eigenvalue weighted by Crippen LogP contribution is -2.26. The summed E-state index contributed by atoms with van der Waals surface area (Å²) in [6, 6.07) is 13.1. The largest absolute Gasteiger partial charge is 0.492 e. The molecule has 0 heterocycles. The molecule has 0 aliphatic heterocycles. The van der Waals surface area contributed by atoms with Crippen molar-refractivity contribution in [2.45, 2.75) is 6.92 Å². The number of benzene rings is 2. The molecule has 2 amide bonds. The Bertz CT molecular complexity index is 864. The molecule has 2 N–H and O–H groups in total. The van der Waals surface area contributed by atoms with Crippen LogP contribution in [0.3, 0.4) is 0 Å². The predicted octanol–water partition coefficient (Wildman–Crippen LogP) is 2.76. The smallest absolute Gasteiger partial charge is 0.276 e. The third kappa shape index (κ3) is 6.62. The summed E-state index contributed by atoms with van der Waals surface area (Å²) >= 11 is 0. The molecular weight excluding hydrogens is 350 g/mol. The molecule has 0 atom stereocenters. The molecule has 2 aromatic carbocycles. The number of carbonyl (C=O) groups is 2. The number of nitro groups is 1. The van der Waals surface area contributed by atoms with E-state index in [0.29, 0.717) is 17.0 Å². The first kappa shape index (κ1) is 19.6. The van der Waals surface area contributed by atoms with Crippen molar-refractivity contribution in [3.05, 3.63) is 70.3 Å². The second-order valence-electron chi connectivity index (χ2n) is 5.50. The highest BCUT2D eigenvalue weighted by Gasteiger charge is 2.09. The number of para-hydroxylation sites is 1. The Morgan fingerprint density at radius 3 is 2.70 bits per heavy atom. The minimum absolute atomic E-state index is 0.0658. The van der Waals surface area contributed by atoms with Crippen LogP contribution >= 0.6 is 0 Å². The van der Waals surface area contributed by atoms with E-state index in [-0.39, 0.29) is 30.7 Å². The number of nitrogens with zero attached hydrogens (tertiary/aromatic N) is 1. The van der Waals surface area contributed by atoms with Gasteiger partial charge in [0.05, 0.1) is 17.0 Å². The van der Waals surface area contributed by atoms with Gasteiger partial charge in [0.2, 0.25) is 11.8 Å². The lowest BCUT2D eigenvalue weighted by Gasteiger charge is -2.08. The van der Waals surface area contributed by atoms with Crippen molar-refractivity contribution in [1.82, 2.24) is 5.32 Å². The van der Waals surface area contributed by atoms with Crippen LogP contribution in [-0.2, 0) is 9.59 Å². The SMILES string of the molecule is CC(=O)Nc1cccc(OCCNC(=O)C=Cc2ccccc2[N+](=O)[O-])c1. The van der Waals surface area contributed by atoms with E-state index >= 15 is 0 Å². The molecule has 0 aromatic heterocycles. The number of nitrogens with one attached hydrogen (secondary N) is 2. The minimum atomic E-state index is -0.500. The molecule has 0 bridgehead atoms. The van der Waals surface area contributed by atoms with E-state index in [2.05, 4.69) is 10.6 Å². The summed E-state index contributed by atoms with van der Waals surface area (Å²) in [5.41, 5.74) is 0.907. The van der Waals surface area contributed by atoms with E-state index in [1.165, 1.54) is 25.1 Å². The van der Waals surface area contributed by atoms with Crippen molar-refractivity contribution in [1.29, 1.82) is 0 Å². The summed E-state index contributed by atoms with van der Waals surface area (Å²) in [6.07, 6.45) is 2.63. The van der Waals surface area contributed by atoms with Gasteiger partial charge in [-0.1, -0.05) is 18.2 Å². The van der Waals surface area contributed by atoms with Gasteiger partial charge in [0.15, 0.2) is 0 Å². The maximum absolute atomic E-state index is 11.8. The molecule has 8 nitrogen and oxygen atoms in total. The summed E-state index contributed by atoms with van der Waals surface area (Å²) in [4.78, 5) is 33.3. The molecule has 8 heteroatoms. The Hall–Kier alpha value is -3.68. The molecule has 0 saturated heterocycles. The van der Waals surface area contributed by atoms with E-state index in [9.17, 15) is 19.7 Å². The standard InChI is InChI=1S/C19H19N3O5/c1-14(23)21-16-6-4-7-17(13-16)27-12-11-20-19(24)10-9-15-5-2-3-8-18(15)22(25)26/h2-10,13H,11-12H2,1H3,(H,20,24)(H,21,23). The van der Waals surface area contributed by atoms with Gasteiger partial charge >= 0.3 is 0 Å². The molecule has 0 aliphatic carbocycles. The summed E-state index contributed by atoms with van der Waals surface area (Å²) < 4.78 is 5.51. The maximum atomic E-state index is 11.8. The number of ether oxygens (including phenoxy) is 1. The van der Waals surface area contributed by atoms with Crippen LogP contribution in [0.2, 0.25) is 0 Å². The van der Waals surface area contributed by atoms with Gasteiger partial charge in [-0.05, 0) is 24.3 Å². The molecule has 0 radical (unpaired) electrons. The molecule has 2 rings (SSSR count). The molecule has 2 aromatic rings. The number of anilines is 1. The first-order valence-electron chi connectivity index (χ1n) is 8.15. The highest BCUT2D eigenvalue weighted by atomic mass is 16.6. The van der Waals surface area contributed by atoms with Gasteiger partial charge in [-0.15, -0.1) is 0 Å². The van der Waals surface area contributed by atoms with E-state index in [1.807, 2.05) is 0 Å². The van der Waals surface area contributed by atoms with Crippen molar-refractivity contribution >= 4 is 29.3 Å². The number of hydrogen-bond donors (Lipinski definition) is 2. The molecule has 0 fully saturated rings. The quantitative estimate of drug-likeness (QED) is 0.322. The Balaban J connectivity index is 1.80. The van der Waals surface area contributed by atoms with Gasteiger partial charge in [-0.2, -0.15) is 0 Å². The zero-order valence-corrected chi connectivity index (χ0v) is 14.7. The highest BCUT2D eigenvalue weighted by molar-refractivity contribution is 5.92.